The van der Waals surface area contributed by atoms with E-state index in [2.05, 4.69) is 62.3 Å². The third-order valence-corrected chi connectivity index (χ3v) is 3.21. The smallest absolute Gasteiger partial charge is 0.00234 e. The van der Waals surface area contributed by atoms with Crippen LogP contribution in [0.1, 0.15) is 40.5 Å². The standard InChI is InChI=1S/C17H30N2/c1-14(2)12-18-13-17-7-5-6-16(8-9-17)10-11-19-15(3)4/h6-8,14-15,17-19H,9-13H2,1-4H3. The second-order valence-electron chi connectivity index (χ2n) is 6.16. The first kappa shape index (κ1) is 16.2. The molecule has 0 aromatic heterocycles. The lowest BCUT2D eigenvalue weighted by Gasteiger charge is -2.12. The van der Waals surface area contributed by atoms with E-state index >= 15 is 0 Å². The quantitative estimate of drug-likeness (QED) is 0.656. The van der Waals surface area contributed by atoms with Gasteiger partial charge < -0.3 is 10.6 Å². The van der Waals surface area contributed by atoms with Crippen molar-refractivity contribution in [1.29, 1.82) is 0 Å². The lowest BCUT2D eigenvalue weighted by atomic mass is 10.0. The van der Waals surface area contributed by atoms with Crippen LogP contribution in [0.2, 0.25) is 0 Å². The molecule has 1 rings (SSSR count). The van der Waals surface area contributed by atoms with Crippen molar-refractivity contribution in [3.63, 3.8) is 0 Å². The molecular formula is C17H30N2. The van der Waals surface area contributed by atoms with Gasteiger partial charge >= 0.3 is 0 Å². The molecule has 0 bridgehead atoms. The van der Waals surface area contributed by atoms with Crippen molar-refractivity contribution < 1.29 is 0 Å². The molecule has 2 N–H and O–H groups in total. The molecule has 0 fully saturated rings. The summed E-state index contributed by atoms with van der Waals surface area (Å²) < 4.78 is 0. The molecule has 2 nitrogen and oxygen atoms in total. The zero-order chi connectivity index (χ0) is 14.1. The maximum atomic E-state index is 3.53. The van der Waals surface area contributed by atoms with Crippen LogP contribution < -0.4 is 10.6 Å². The maximum Gasteiger partial charge on any atom is 0.00234 e. The van der Waals surface area contributed by atoms with Crippen LogP contribution in [0.4, 0.5) is 0 Å². The number of rotatable bonds is 8. The highest BCUT2D eigenvalue weighted by Gasteiger charge is 2.06. The molecule has 2 heteroatoms. The van der Waals surface area contributed by atoms with Gasteiger partial charge in [0.25, 0.3) is 0 Å². The van der Waals surface area contributed by atoms with Crippen LogP contribution in [-0.2, 0) is 0 Å². The number of hydrogen-bond acceptors (Lipinski definition) is 2. The Bertz CT molecular complexity index is 333. The molecule has 0 spiro atoms. The van der Waals surface area contributed by atoms with E-state index in [0.29, 0.717) is 12.0 Å². The minimum absolute atomic E-state index is 0.568. The molecule has 19 heavy (non-hydrogen) atoms. The van der Waals surface area contributed by atoms with Crippen molar-refractivity contribution in [3.05, 3.63) is 29.5 Å². The lowest BCUT2D eigenvalue weighted by molar-refractivity contribution is 0.503. The fraction of sp³-hybridized carbons (Fsp3) is 0.706. The zero-order valence-corrected chi connectivity index (χ0v) is 13.0. The van der Waals surface area contributed by atoms with E-state index < -0.39 is 0 Å². The summed E-state index contributed by atoms with van der Waals surface area (Å²) in [6.07, 6.45) is 8.97. The summed E-state index contributed by atoms with van der Waals surface area (Å²) in [5, 5.41) is 6.99. The van der Waals surface area contributed by atoms with Gasteiger partial charge in [0, 0.05) is 18.5 Å². The van der Waals surface area contributed by atoms with Crippen LogP contribution in [0.3, 0.4) is 0 Å². The fourth-order valence-electron chi connectivity index (χ4n) is 2.10. The number of hydrogen-bond donors (Lipinski definition) is 2. The molecular weight excluding hydrogens is 232 g/mol. The van der Waals surface area contributed by atoms with Crippen LogP contribution in [0.5, 0.6) is 0 Å². The Balaban J connectivity index is 2.30. The average molecular weight is 262 g/mol. The molecule has 1 atom stereocenters. The predicted octanol–water partition coefficient (Wildman–Crippen LogP) is 3.28. The van der Waals surface area contributed by atoms with Crippen molar-refractivity contribution in [1.82, 2.24) is 10.6 Å². The molecule has 0 aromatic rings. The Kier molecular flexibility index (Phi) is 7.81. The SMILES string of the molecule is CC(C)CNCC1C=C=CC(CCNC(C)C)=CC1. The van der Waals surface area contributed by atoms with Crippen LogP contribution in [0.25, 0.3) is 0 Å². The second-order valence-corrected chi connectivity index (χ2v) is 6.16. The number of allylic oxidation sites excluding steroid dienone is 1. The maximum absolute atomic E-state index is 3.53. The lowest BCUT2D eigenvalue weighted by Crippen LogP contribution is -2.25. The molecule has 0 aliphatic heterocycles. The molecule has 0 heterocycles. The van der Waals surface area contributed by atoms with E-state index in [1.165, 1.54) is 5.57 Å². The molecule has 1 aliphatic rings. The summed E-state index contributed by atoms with van der Waals surface area (Å²) in [6.45, 7) is 12.1. The normalized spacial score (nSPS) is 19.1. The minimum Gasteiger partial charge on any atom is -0.316 e. The van der Waals surface area contributed by atoms with Gasteiger partial charge in [0.15, 0.2) is 0 Å². The highest BCUT2D eigenvalue weighted by Crippen LogP contribution is 2.14. The molecule has 108 valence electrons. The van der Waals surface area contributed by atoms with Gasteiger partial charge in [-0.15, -0.1) is 5.73 Å². The monoisotopic (exact) mass is 262 g/mol. The molecule has 0 radical (unpaired) electrons. The van der Waals surface area contributed by atoms with Gasteiger partial charge in [-0.1, -0.05) is 33.8 Å². The zero-order valence-electron chi connectivity index (χ0n) is 13.0. The molecule has 0 saturated carbocycles. The Morgan fingerprint density at radius 2 is 2.11 bits per heavy atom. The van der Waals surface area contributed by atoms with Crippen LogP contribution in [0, 0.1) is 11.8 Å². The highest BCUT2D eigenvalue weighted by molar-refractivity contribution is 5.21. The van der Waals surface area contributed by atoms with E-state index in [-0.39, 0.29) is 0 Å². The molecule has 1 unspecified atom stereocenters. The van der Waals surface area contributed by atoms with E-state index in [4.69, 9.17) is 0 Å². The van der Waals surface area contributed by atoms with E-state index in [1.54, 1.807) is 0 Å². The van der Waals surface area contributed by atoms with Crippen molar-refractivity contribution in [2.24, 2.45) is 11.8 Å². The first-order valence-electron chi connectivity index (χ1n) is 7.63. The first-order chi connectivity index (χ1) is 9.08. The first-order valence-corrected chi connectivity index (χ1v) is 7.63. The third-order valence-electron chi connectivity index (χ3n) is 3.21. The summed E-state index contributed by atoms with van der Waals surface area (Å²) >= 11 is 0. The van der Waals surface area contributed by atoms with Crippen molar-refractivity contribution in [2.75, 3.05) is 19.6 Å². The van der Waals surface area contributed by atoms with Crippen LogP contribution in [0.15, 0.2) is 29.5 Å². The predicted molar refractivity (Wildman–Crippen MR) is 84.3 cm³/mol. The third kappa shape index (κ3) is 8.05. The highest BCUT2D eigenvalue weighted by atomic mass is 14.9. The van der Waals surface area contributed by atoms with Crippen LogP contribution >= 0.6 is 0 Å². The second kappa shape index (κ2) is 9.14. The Hall–Kier alpha value is -0.820. The van der Waals surface area contributed by atoms with Gasteiger partial charge in [-0.25, -0.2) is 0 Å². The summed E-state index contributed by atoms with van der Waals surface area (Å²) in [5.41, 5.74) is 4.75. The minimum atomic E-state index is 0.568. The van der Waals surface area contributed by atoms with Gasteiger partial charge in [0.05, 0.1) is 0 Å². The molecule has 0 aromatic carbocycles. The Morgan fingerprint density at radius 3 is 2.79 bits per heavy atom. The summed E-state index contributed by atoms with van der Waals surface area (Å²) in [5.74, 6) is 1.31. The molecule has 0 saturated heterocycles. The Labute approximate surface area is 119 Å². The largest absolute Gasteiger partial charge is 0.316 e. The summed E-state index contributed by atoms with van der Waals surface area (Å²) in [4.78, 5) is 0. The Morgan fingerprint density at radius 1 is 1.32 bits per heavy atom. The van der Waals surface area contributed by atoms with Gasteiger partial charge in [-0.3, -0.25) is 0 Å². The van der Waals surface area contributed by atoms with Crippen molar-refractivity contribution in [3.8, 4) is 0 Å². The fourth-order valence-corrected chi connectivity index (χ4v) is 2.10. The van der Waals surface area contributed by atoms with E-state index in [0.717, 1.165) is 38.4 Å². The van der Waals surface area contributed by atoms with E-state index in [9.17, 15) is 0 Å². The number of nitrogens with one attached hydrogen (secondary N) is 2. The molecule has 0 amide bonds. The van der Waals surface area contributed by atoms with Gasteiger partial charge in [-0.05, 0) is 49.6 Å². The van der Waals surface area contributed by atoms with Gasteiger partial charge in [0.1, 0.15) is 0 Å². The topological polar surface area (TPSA) is 24.1 Å². The van der Waals surface area contributed by atoms with Gasteiger partial charge in [0.2, 0.25) is 0 Å². The summed E-state index contributed by atoms with van der Waals surface area (Å²) in [7, 11) is 0. The van der Waals surface area contributed by atoms with E-state index in [1.807, 2.05) is 0 Å². The van der Waals surface area contributed by atoms with Crippen LogP contribution in [-0.4, -0.2) is 25.7 Å². The average Bonchev–Trinajstić information content (AvgIpc) is 2.54. The van der Waals surface area contributed by atoms with Gasteiger partial charge in [-0.2, -0.15) is 0 Å². The summed E-state index contributed by atoms with van der Waals surface area (Å²) in [6, 6.07) is 0.568. The van der Waals surface area contributed by atoms with Crippen molar-refractivity contribution in [2.45, 2.75) is 46.6 Å². The van der Waals surface area contributed by atoms with Crippen molar-refractivity contribution >= 4 is 0 Å². The molecule has 1 aliphatic carbocycles.